The lowest BCUT2D eigenvalue weighted by Gasteiger charge is -1.91. The highest BCUT2D eigenvalue weighted by Crippen LogP contribution is 1.91. The van der Waals surface area contributed by atoms with Gasteiger partial charge in [0.15, 0.2) is 5.88 Å². The van der Waals surface area contributed by atoms with E-state index in [1.54, 1.807) is 12.3 Å². The summed E-state index contributed by atoms with van der Waals surface area (Å²) in [5.74, 6) is 0.363. The average molecular weight is 183 g/mol. The summed E-state index contributed by atoms with van der Waals surface area (Å²) in [4.78, 5) is 3.73. The molecule has 5 heteroatoms. The highest BCUT2D eigenvalue weighted by atomic mass is 35.5. The zero-order valence-electron chi connectivity index (χ0n) is 5.06. The van der Waals surface area contributed by atoms with Gasteiger partial charge in [0.1, 0.15) is 6.26 Å². The zero-order chi connectivity index (χ0) is 5.82. The molecule has 0 aromatic heterocycles. The van der Waals surface area contributed by atoms with Crippen LogP contribution >= 0.6 is 24.8 Å². The Kier molecular flexibility index (Phi) is 7.77. The number of nitrogens with two attached hydrogens (primary N) is 1. The molecule has 0 unspecified atom stereocenters. The van der Waals surface area contributed by atoms with Crippen LogP contribution in [0.1, 0.15) is 0 Å². The van der Waals surface area contributed by atoms with Gasteiger partial charge >= 0.3 is 0 Å². The Balaban J connectivity index is 0. The minimum absolute atomic E-state index is 0. The summed E-state index contributed by atoms with van der Waals surface area (Å²) in [7, 11) is 0. The fourth-order valence-electron chi connectivity index (χ4n) is 0.350. The topological polar surface area (TPSA) is 47.6 Å². The van der Waals surface area contributed by atoms with E-state index in [4.69, 9.17) is 10.5 Å². The van der Waals surface area contributed by atoms with Gasteiger partial charge < -0.3 is 10.5 Å². The second-order valence-electron chi connectivity index (χ2n) is 1.27. The smallest absolute Gasteiger partial charge is 0.191 e. The quantitative estimate of drug-likeness (QED) is 0.613. The van der Waals surface area contributed by atoms with Gasteiger partial charge in [-0.2, -0.15) is 0 Å². The van der Waals surface area contributed by atoms with Crippen molar-refractivity contribution in [3.63, 3.8) is 0 Å². The Morgan fingerprint density at radius 2 is 2.10 bits per heavy atom. The van der Waals surface area contributed by atoms with E-state index in [0.29, 0.717) is 5.88 Å². The van der Waals surface area contributed by atoms with E-state index < -0.39 is 0 Å². The molecule has 0 atom stereocenters. The summed E-state index contributed by atoms with van der Waals surface area (Å²) in [5.41, 5.74) is 5.23. The molecular formula is C5H8Cl2N2O. The van der Waals surface area contributed by atoms with Crippen molar-refractivity contribution in [1.29, 1.82) is 0 Å². The second kappa shape index (κ2) is 6.45. The fraction of sp³-hybridized carbons (Fsp3) is 0. The molecular weight excluding hydrogens is 175 g/mol. The summed E-state index contributed by atoms with van der Waals surface area (Å²) in [5, 5.41) is 0. The van der Waals surface area contributed by atoms with E-state index in [2.05, 4.69) is 4.99 Å². The molecule has 2 N–H and O–H groups in total. The first-order valence-electron chi connectivity index (χ1n) is 2.20. The van der Waals surface area contributed by atoms with E-state index in [-0.39, 0.29) is 24.8 Å². The number of allylic oxidation sites excluding steroid dienone is 1. The molecule has 0 aromatic carbocycles. The molecule has 0 saturated carbocycles. The van der Waals surface area contributed by atoms with Crippen LogP contribution in [0.25, 0.3) is 0 Å². The van der Waals surface area contributed by atoms with E-state index in [1.165, 1.54) is 12.5 Å². The number of aliphatic imine (C=N–C) groups is 1. The molecule has 0 saturated heterocycles. The highest BCUT2D eigenvalue weighted by molar-refractivity contribution is 5.85. The number of rotatable bonds is 0. The normalized spacial score (nSPS) is 13.4. The monoisotopic (exact) mass is 182 g/mol. The van der Waals surface area contributed by atoms with Crippen molar-refractivity contribution in [3.8, 4) is 0 Å². The summed E-state index contributed by atoms with van der Waals surface area (Å²) in [6.45, 7) is 0. The standard InChI is InChI=1S/C5H6N2O.2ClH/c6-5-1-2-7-3-4-8-5;;/h1-4H,6H2;2*1H. The van der Waals surface area contributed by atoms with Crippen LogP contribution in [0.4, 0.5) is 0 Å². The summed E-state index contributed by atoms with van der Waals surface area (Å²) in [6, 6.07) is 0. The first-order chi connectivity index (χ1) is 3.89. The van der Waals surface area contributed by atoms with Crippen molar-refractivity contribution in [2.75, 3.05) is 0 Å². The molecule has 0 spiro atoms. The van der Waals surface area contributed by atoms with Crippen LogP contribution in [0.15, 0.2) is 29.4 Å². The van der Waals surface area contributed by atoms with Crippen molar-refractivity contribution < 1.29 is 4.74 Å². The second-order valence-corrected chi connectivity index (χ2v) is 1.27. The molecule has 0 amide bonds. The van der Waals surface area contributed by atoms with Gasteiger partial charge in [-0.25, -0.2) is 0 Å². The molecule has 1 heterocycles. The Morgan fingerprint density at radius 1 is 1.40 bits per heavy atom. The van der Waals surface area contributed by atoms with Crippen molar-refractivity contribution in [1.82, 2.24) is 0 Å². The maximum Gasteiger partial charge on any atom is 0.191 e. The summed E-state index contributed by atoms with van der Waals surface area (Å²) >= 11 is 0. The van der Waals surface area contributed by atoms with Crippen molar-refractivity contribution >= 4 is 31.0 Å². The molecule has 0 radical (unpaired) electrons. The van der Waals surface area contributed by atoms with Gasteiger partial charge in [-0.15, -0.1) is 24.8 Å². The van der Waals surface area contributed by atoms with Crippen LogP contribution in [0.2, 0.25) is 0 Å². The van der Waals surface area contributed by atoms with Crippen LogP contribution in [0, 0.1) is 0 Å². The van der Waals surface area contributed by atoms with Crippen LogP contribution in [-0.4, -0.2) is 6.21 Å². The maximum absolute atomic E-state index is 5.23. The Bertz CT molecular complexity index is 165. The third-order valence-electron chi connectivity index (χ3n) is 0.676. The van der Waals surface area contributed by atoms with Gasteiger partial charge in [0.05, 0.1) is 6.20 Å². The van der Waals surface area contributed by atoms with Gasteiger partial charge in [-0.1, -0.05) is 0 Å². The zero-order valence-corrected chi connectivity index (χ0v) is 6.69. The van der Waals surface area contributed by atoms with E-state index in [1.807, 2.05) is 0 Å². The van der Waals surface area contributed by atoms with Crippen LogP contribution in [-0.2, 0) is 4.74 Å². The SMILES string of the molecule is Cl.Cl.NC1=CC=NC=CO1. The molecule has 58 valence electrons. The molecule has 1 aliphatic rings. The van der Waals surface area contributed by atoms with Gasteiger partial charge in [0.25, 0.3) is 0 Å². The lowest BCUT2D eigenvalue weighted by molar-refractivity contribution is 0.347. The Labute approximate surface area is 71.5 Å². The van der Waals surface area contributed by atoms with Crippen molar-refractivity contribution in [2.45, 2.75) is 0 Å². The van der Waals surface area contributed by atoms with Crippen LogP contribution in [0.3, 0.4) is 0 Å². The van der Waals surface area contributed by atoms with Gasteiger partial charge in [-0.05, 0) is 0 Å². The molecule has 1 rings (SSSR count). The van der Waals surface area contributed by atoms with E-state index >= 15 is 0 Å². The first kappa shape index (κ1) is 12.0. The Hall–Kier alpha value is -0.670. The number of nitrogens with zero attached hydrogens (tertiary/aromatic N) is 1. The Morgan fingerprint density at radius 3 is 2.80 bits per heavy atom. The van der Waals surface area contributed by atoms with E-state index in [0.717, 1.165) is 0 Å². The fourth-order valence-corrected chi connectivity index (χ4v) is 0.350. The van der Waals surface area contributed by atoms with Crippen molar-refractivity contribution in [3.05, 3.63) is 24.4 Å². The molecule has 0 aromatic rings. The third kappa shape index (κ3) is 4.23. The highest BCUT2D eigenvalue weighted by Gasteiger charge is 1.84. The summed E-state index contributed by atoms with van der Waals surface area (Å²) in [6.07, 6.45) is 6.10. The largest absolute Gasteiger partial charge is 0.448 e. The summed E-state index contributed by atoms with van der Waals surface area (Å²) < 4.78 is 4.74. The molecule has 0 bridgehead atoms. The van der Waals surface area contributed by atoms with Crippen LogP contribution in [0.5, 0.6) is 0 Å². The molecule has 10 heavy (non-hydrogen) atoms. The molecule has 1 aliphatic heterocycles. The third-order valence-corrected chi connectivity index (χ3v) is 0.676. The van der Waals surface area contributed by atoms with E-state index in [9.17, 15) is 0 Å². The first-order valence-corrected chi connectivity index (χ1v) is 2.20. The van der Waals surface area contributed by atoms with Gasteiger partial charge in [-0.3, -0.25) is 4.99 Å². The maximum atomic E-state index is 5.23. The predicted molar refractivity (Wildman–Crippen MR) is 45.5 cm³/mol. The minimum Gasteiger partial charge on any atom is -0.448 e. The van der Waals surface area contributed by atoms with Crippen molar-refractivity contribution in [2.24, 2.45) is 10.7 Å². The molecule has 0 aliphatic carbocycles. The van der Waals surface area contributed by atoms with Gasteiger partial charge in [0.2, 0.25) is 0 Å². The van der Waals surface area contributed by atoms with Gasteiger partial charge in [0, 0.05) is 12.3 Å². The number of hydrogen-bond acceptors (Lipinski definition) is 3. The molecule has 3 nitrogen and oxygen atoms in total. The average Bonchev–Trinajstić information content (AvgIpc) is 1.94. The lowest BCUT2D eigenvalue weighted by atomic mass is 10.6. The van der Waals surface area contributed by atoms with Crippen LogP contribution < -0.4 is 5.73 Å². The minimum atomic E-state index is 0. The molecule has 0 fully saturated rings. The number of hydrogen-bond donors (Lipinski definition) is 1. The number of halogens is 2. The predicted octanol–water partition coefficient (Wildman–Crippen LogP) is 1.20. The lowest BCUT2D eigenvalue weighted by Crippen LogP contribution is -1.96. The number of ether oxygens (including phenoxy) is 1.